The second-order valence-electron chi connectivity index (χ2n) is 3.32. The smallest absolute Gasteiger partial charge is 0.274 e. The number of aromatic nitrogens is 3. The van der Waals surface area contributed by atoms with E-state index in [4.69, 9.17) is 5.73 Å². The van der Waals surface area contributed by atoms with Gasteiger partial charge in [-0.3, -0.25) is 4.79 Å². The van der Waals surface area contributed by atoms with E-state index in [9.17, 15) is 4.79 Å². The van der Waals surface area contributed by atoms with Crippen LogP contribution in [-0.4, -0.2) is 20.9 Å². The van der Waals surface area contributed by atoms with Gasteiger partial charge < -0.3 is 11.1 Å². The van der Waals surface area contributed by atoms with Crippen LogP contribution < -0.4 is 11.1 Å². The summed E-state index contributed by atoms with van der Waals surface area (Å²) in [4.78, 5) is 24.5. The van der Waals surface area contributed by atoms with E-state index >= 15 is 0 Å². The molecule has 17 heavy (non-hydrogen) atoms. The molecule has 2 heterocycles. The highest BCUT2D eigenvalue weighted by Crippen LogP contribution is 2.11. The number of hydrogen-bond donors (Lipinski definition) is 2. The first-order valence-electron chi connectivity index (χ1n) is 4.93. The molecule has 6 nitrogen and oxygen atoms in total. The predicted molar refractivity (Wildman–Crippen MR) is 64.5 cm³/mol. The standard InChI is InChI=1S/C10H11N5OS/c1-6-14-4-7(17-6)5-15-10(16)8-9(11)13-3-2-12-8/h2-4H,5H2,1H3,(H2,11,13)(H,15,16). The molecular formula is C10H11N5OS. The fraction of sp³-hybridized carbons (Fsp3) is 0.200. The lowest BCUT2D eigenvalue weighted by Crippen LogP contribution is -2.24. The Morgan fingerprint density at radius 3 is 2.82 bits per heavy atom. The predicted octanol–water partition coefficient (Wildman–Crippen LogP) is 0.754. The molecule has 2 aromatic rings. The zero-order valence-corrected chi connectivity index (χ0v) is 9.99. The molecule has 7 heteroatoms. The Morgan fingerprint density at radius 2 is 2.18 bits per heavy atom. The highest BCUT2D eigenvalue weighted by Gasteiger charge is 2.11. The van der Waals surface area contributed by atoms with Crippen molar-refractivity contribution in [3.8, 4) is 0 Å². The van der Waals surface area contributed by atoms with Crippen LogP contribution in [0.3, 0.4) is 0 Å². The van der Waals surface area contributed by atoms with Crippen molar-refractivity contribution >= 4 is 23.1 Å². The Bertz CT molecular complexity index is 539. The van der Waals surface area contributed by atoms with Crippen molar-refractivity contribution < 1.29 is 4.79 Å². The molecule has 0 unspecified atom stereocenters. The second kappa shape index (κ2) is 4.88. The van der Waals surface area contributed by atoms with Crippen LogP contribution in [0.2, 0.25) is 0 Å². The third kappa shape index (κ3) is 2.76. The average molecular weight is 249 g/mol. The van der Waals surface area contributed by atoms with Gasteiger partial charge in [-0.2, -0.15) is 0 Å². The Balaban J connectivity index is 2.01. The molecule has 1 amide bonds. The molecule has 88 valence electrons. The van der Waals surface area contributed by atoms with Gasteiger partial charge >= 0.3 is 0 Å². The first kappa shape index (κ1) is 11.5. The number of hydrogen-bond acceptors (Lipinski definition) is 6. The largest absolute Gasteiger partial charge is 0.382 e. The molecule has 0 aliphatic rings. The number of carbonyl (C=O) groups is 1. The molecule has 0 bridgehead atoms. The van der Waals surface area contributed by atoms with Crippen LogP contribution in [0.1, 0.15) is 20.4 Å². The molecule has 0 spiro atoms. The number of amides is 1. The number of nitrogen functional groups attached to an aromatic ring is 1. The zero-order valence-electron chi connectivity index (χ0n) is 9.17. The van der Waals surface area contributed by atoms with Gasteiger partial charge in [0.15, 0.2) is 11.5 Å². The highest BCUT2D eigenvalue weighted by atomic mass is 32.1. The van der Waals surface area contributed by atoms with Crippen molar-refractivity contribution in [2.75, 3.05) is 5.73 Å². The minimum absolute atomic E-state index is 0.130. The van der Waals surface area contributed by atoms with E-state index in [1.165, 1.54) is 23.7 Å². The first-order chi connectivity index (χ1) is 8.16. The topological polar surface area (TPSA) is 93.8 Å². The molecule has 2 rings (SSSR count). The fourth-order valence-electron chi connectivity index (χ4n) is 1.26. The van der Waals surface area contributed by atoms with Crippen molar-refractivity contribution in [3.63, 3.8) is 0 Å². The number of carbonyl (C=O) groups excluding carboxylic acids is 1. The van der Waals surface area contributed by atoms with Crippen molar-refractivity contribution in [1.82, 2.24) is 20.3 Å². The van der Waals surface area contributed by atoms with Gasteiger partial charge in [0.25, 0.3) is 5.91 Å². The van der Waals surface area contributed by atoms with E-state index in [2.05, 4.69) is 20.3 Å². The average Bonchev–Trinajstić information content (AvgIpc) is 2.73. The van der Waals surface area contributed by atoms with Crippen molar-refractivity contribution in [1.29, 1.82) is 0 Å². The van der Waals surface area contributed by atoms with E-state index in [0.29, 0.717) is 6.54 Å². The maximum Gasteiger partial charge on any atom is 0.274 e. The number of thiazole rings is 1. The summed E-state index contributed by atoms with van der Waals surface area (Å²) >= 11 is 1.54. The SMILES string of the molecule is Cc1ncc(CNC(=O)c2nccnc2N)s1. The summed E-state index contributed by atoms with van der Waals surface area (Å²) in [6.45, 7) is 2.33. The number of aryl methyl sites for hydroxylation is 1. The van der Waals surface area contributed by atoms with E-state index in [-0.39, 0.29) is 17.4 Å². The van der Waals surface area contributed by atoms with Crippen molar-refractivity contribution in [2.45, 2.75) is 13.5 Å². The zero-order chi connectivity index (χ0) is 12.3. The second-order valence-corrected chi connectivity index (χ2v) is 4.64. The quantitative estimate of drug-likeness (QED) is 0.837. The molecule has 0 radical (unpaired) electrons. The molecule has 0 saturated carbocycles. The van der Waals surface area contributed by atoms with Gasteiger partial charge in [0, 0.05) is 23.5 Å². The van der Waals surface area contributed by atoms with Gasteiger partial charge in [-0.15, -0.1) is 11.3 Å². The van der Waals surface area contributed by atoms with Gasteiger partial charge in [0.2, 0.25) is 0 Å². The van der Waals surface area contributed by atoms with Crippen molar-refractivity contribution in [3.05, 3.63) is 34.2 Å². The lowest BCUT2D eigenvalue weighted by Gasteiger charge is -2.03. The van der Waals surface area contributed by atoms with Gasteiger partial charge in [-0.05, 0) is 6.92 Å². The van der Waals surface area contributed by atoms with E-state index in [1.807, 2.05) is 6.92 Å². The summed E-state index contributed by atoms with van der Waals surface area (Å²) in [5.74, 6) is -0.202. The minimum Gasteiger partial charge on any atom is -0.382 e. The molecule has 0 fully saturated rings. The molecule has 0 saturated heterocycles. The maximum atomic E-state index is 11.7. The first-order valence-corrected chi connectivity index (χ1v) is 5.74. The summed E-state index contributed by atoms with van der Waals surface area (Å²) in [5, 5.41) is 3.68. The van der Waals surface area contributed by atoms with E-state index < -0.39 is 0 Å². The molecule has 2 aromatic heterocycles. The Labute approximate surface area is 102 Å². The Morgan fingerprint density at radius 1 is 1.41 bits per heavy atom. The number of rotatable bonds is 3. The normalized spacial score (nSPS) is 10.2. The van der Waals surface area contributed by atoms with E-state index in [0.717, 1.165) is 9.88 Å². The van der Waals surface area contributed by atoms with Gasteiger partial charge in [0.1, 0.15) is 0 Å². The van der Waals surface area contributed by atoms with E-state index in [1.54, 1.807) is 6.20 Å². The van der Waals surface area contributed by atoms with Crippen LogP contribution in [0.25, 0.3) is 0 Å². The molecule has 0 aliphatic heterocycles. The Kier molecular flexibility index (Phi) is 3.29. The molecule has 0 aromatic carbocycles. The lowest BCUT2D eigenvalue weighted by molar-refractivity contribution is 0.0947. The van der Waals surface area contributed by atoms with Crippen LogP contribution in [0, 0.1) is 6.92 Å². The summed E-state index contributed by atoms with van der Waals surface area (Å²) < 4.78 is 0. The summed E-state index contributed by atoms with van der Waals surface area (Å²) in [6.07, 6.45) is 4.61. The lowest BCUT2D eigenvalue weighted by atomic mass is 10.3. The van der Waals surface area contributed by atoms with Crippen LogP contribution in [0.4, 0.5) is 5.82 Å². The van der Waals surface area contributed by atoms with Crippen molar-refractivity contribution in [2.24, 2.45) is 0 Å². The van der Waals surface area contributed by atoms with Gasteiger partial charge in [-0.25, -0.2) is 15.0 Å². The molecule has 0 aliphatic carbocycles. The number of nitrogens with two attached hydrogens (primary N) is 1. The van der Waals surface area contributed by atoms with Gasteiger partial charge in [-0.1, -0.05) is 0 Å². The molecule has 3 N–H and O–H groups in total. The third-order valence-electron chi connectivity index (χ3n) is 2.03. The molecular weight excluding hydrogens is 238 g/mol. The number of anilines is 1. The van der Waals surface area contributed by atoms with Gasteiger partial charge in [0.05, 0.1) is 11.6 Å². The number of nitrogens with one attached hydrogen (secondary N) is 1. The van der Waals surface area contributed by atoms with Crippen LogP contribution in [-0.2, 0) is 6.54 Å². The molecule has 0 atom stereocenters. The number of nitrogens with zero attached hydrogens (tertiary/aromatic N) is 3. The maximum absolute atomic E-state index is 11.7. The van der Waals surface area contributed by atoms with Crippen LogP contribution >= 0.6 is 11.3 Å². The minimum atomic E-state index is -0.332. The Hall–Kier alpha value is -2.02. The third-order valence-corrected chi connectivity index (χ3v) is 2.95. The summed E-state index contributed by atoms with van der Waals surface area (Å²) in [5.41, 5.74) is 5.70. The highest BCUT2D eigenvalue weighted by molar-refractivity contribution is 7.11. The van der Waals surface area contributed by atoms with Crippen LogP contribution in [0.5, 0.6) is 0 Å². The fourth-order valence-corrected chi connectivity index (χ4v) is 2.00. The van der Waals surface area contributed by atoms with Crippen LogP contribution in [0.15, 0.2) is 18.6 Å². The monoisotopic (exact) mass is 249 g/mol. The summed E-state index contributed by atoms with van der Waals surface area (Å²) in [7, 11) is 0. The summed E-state index contributed by atoms with van der Waals surface area (Å²) in [6, 6.07) is 0.